The van der Waals surface area contributed by atoms with Crippen LogP contribution in [-0.2, 0) is 25.7 Å². The molecule has 0 saturated carbocycles. The lowest BCUT2D eigenvalue weighted by Gasteiger charge is -2.14. The number of anilines is 3. The molecule has 0 bridgehead atoms. The number of halogens is 1. The number of nitrogens with zero attached hydrogens (tertiary/aromatic N) is 1. The normalized spacial score (nSPS) is 11.5. The first-order valence-electron chi connectivity index (χ1n) is 15.4. The molecule has 3 aromatic carbocycles. The van der Waals surface area contributed by atoms with Gasteiger partial charge in [-0.15, -0.1) is 0 Å². The molecule has 1 heterocycles. The van der Waals surface area contributed by atoms with Gasteiger partial charge >= 0.3 is 5.97 Å². The van der Waals surface area contributed by atoms with Crippen molar-refractivity contribution in [3.05, 3.63) is 89.9 Å². The monoisotopic (exact) mass is 630 g/mol. The Balaban J connectivity index is 0.000000875. The molecule has 3 amide bonds. The molecule has 9 nitrogen and oxygen atoms in total. The van der Waals surface area contributed by atoms with Crippen molar-refractivity contribution in [3.8, 4) is 0 Å². The van der Waals surface area contributed by atoms with Crippen molar-refractivity contribution in [2.24, 2.45) is 11.3 Å². The van der Waals surface area contributed by atoms with Gasteiger partial charge in [0.1, 0.15) is 17.4 Å². The maximum atomic E-state index is 14.5. The highest BCUT2D eigenvalue weighted by Gasteiger charge is 2.26. The van der Waals surface area contributed by atoms with E-state index in [1.165, 1.54) is 12.5 Å². The fourth-order valence-electron chi connectivity index (χ4n) is 4.35. The lowest BCUT2D eigenvalue weighted by atomic mass is 9.94. The molecule has 0 aliphatic heterocycles. The van der Waals surface area contributed by atoms with E-state index in [9.17, 15) is 23.6 Å². The highest BCUT2D eigenvalue weighted by molar-refractivity contribution is 6.07. The Morgan fingerprint density at radius 2 is 1.50 bits per heavy atom. The molecular formula is C36H43FN4O5. The summed E-state index contributed by atoms with van der Waals surface area (Å²) in [5, 5.41) is 8.82. The molecule has 0 aliphatic rings. The number of esters is 1. The molecule has 1 unspecified atom stereocenters. The Morgan fingerprint density at radius 3 is 2.07 bits per heavy atom. The second-order valence-corrected chi connectivity index (χ2v) is 11.9. The van der Waals surface area contributed by atoms with Gasteiger partial charge < -0.3 is 25.3 Å². The van der Waals surface area contributed by atoms with E-state index in [0.717, 1.165) is 0 Å². The summed E-state index contributed by atoms with van der Waals surface area (Å²) in [5.41, 5.74) is 3.41. The van der Waals surface area contributed by atoms with E-state index in [1.54, 1.807) is 85.1 Å². The molecule has 0 saturated heterocycles. The number of hydrogen-bond acceptors (Lipinski definition) is 5. The molecule has 4 rings (SSSR count). The summed E-state index contributed by atoms with van der Waals surface area (Å²) in [6.45, 7) is 12.6. The highest BCUT2D eigenvalue weighted by atomic mass is 19.1. The van der Waals surface area contributed by atoms with Gasteiger partial charge in [0.25, 0.3) is 5.91 Å². The van der Waals surface area contributed by atoms with Crippen LogP contribution in [0.15, 0.2) is 72.8 Å². The standard InChI is InChI=1S/C30H29FN4O5.C6H14/c1-3-24(30(39)40-4-2)28(37)33-21-9-11-22(12-10-21)34-29(38)27-16-20-15-23(32-18-36)13-14-26(20)35(27)17-19-7-5-6-8-25(19)31;1-5-6(2,3)4/h5-16,18,24H,3-4,17H2,1-2H3,(H,32,36)(H,33,37)(H,34,38);5H2,1-4H3. The number of benzene rings is 3. The van der Waals surface area contributed by atoms with Crippen LogP contribution in [0.1, 0.15) is 70.4 Å². The molecule has 10 heteroatoms. The number of amides is 3. The zero-order valence-electron chi connectivity index (χ0n) is 27.3. The molecule has 46 heavy (non-hydrogen) atoms. The van der Waals surface area contributed by atoms with E-state index in [0.29, 0.717) is 57.5 Å². The molecule has 1 aromatic heterocycles. The van der Waals surface area contributed by atoms with Gasteiger partial charge in [-0.05, 0) is 73.4 Å². The van der Waals surface area contributed by atoms with Crippen molar-refractivity contribution in [1.82, 2.24) is 4.57 Å². The molecule has 0 radical (unpaired) electrons. The highest BCUT2D eigenvalue weighted by Crippen LogP contribution is 2.26. The number of carbonyl (C=O) groups excluding carboxylic acids is 4. The number of fused-ring (bicyclic) bond motifs is 1. The molecule has 0 fully saturated rings. The van der Waals surface area contributed by atoms with Crippen LogP contribution >= 0.6 is 0 Å². The van der Waals surface area contributed by atoms with Gasteiger partial charge in [0, 0.05) is 33.5 Å². The number of hydrogen-bond donors (Lipinski definition) is 3. The van der Waals surface area contributed by atoms with E-state index in [1.807, 2.05) is 0 Å². The topological polar surface area (TPSA) is 119 Å². The third-order valence-corrected chi connectivity index (χ3v) is 7.41. The van der Waals surface area contributed by atoms with E-state index in [4.69, 9.17) is 4.74 Å². The quantitative estimate of drug-likeness (QED) is 0.0895. The summed E-state index contributed by atoms with van der Waals surface area (Å²) in [5.74, 6) is -2.79. The van der Waals surface area contributed by atoms with Crippen LogP contribution in [0.25, 0.3) is 10.9 Å². The van der Waals surface area contributed by atoms with Crippen LogP contribution in [0.3, 0.4) is 0 Å². The summed E-state index contributed by atoms with van der Waals surface area (Å²) < 4.78 is 21.2. The molecule has 4 aromatic rings. The summed E-state index contributed by atoms with van der Waals surface area (Å²) in [7, 11) is 0. The van der Waals surface area contributed by atoms with Crippen molar-refractivity contribution < 1.29 is 28.3 Å². The van der Waals surface area contributed by atoms with Gasteiger partial charge in [0.15, 0.2) is 0 Å². The number of carbonyl (C=O) groups is 4. The predicted molar refractivity (Wildman–Crippen MR) is 180 cm³/mol. The predicted octanol–water partition coefficient (Wildman–Crippen LogP) is 7.62. The van der Waals surface area contributed by atoms with Crippen LogP contribution in [-0.4, -0.2) is 35.4 Å². The Morgan fingerprint density at radius 1 is 0.891 bits per heavy atom. The number of aromatic nitrogens is 1. The second-order valence-electron chi connectivity index (χ2n) is 11.9. The molecule has 244 valence electrons. The summed E-state index contributed by atoms with van der Waals surface area (Å²) in [6.07, 6.45) is 2.13. The number of ether oxygens (including phenoxy) is 1. The van der Waals surface area contributed by atoms with Crippen molar-refractivity contribution >= 4 is 52.2 Å². The number of rotatable bonds is 11. The summed E-state index contributed by atoms with van der Waals surface area (Å²) in [6, 6.07) is 19.7. The van der Waals surface area contributed by atoms with Crippen molar-refractivity contribution in [3.63, 3.8) is 0 Å². The Hall–Kier alpha value is -4.99. The first-order chi connectivity index (χ1) is 21.9. The molecule has 0 spiro atoms. The minimum atomic E-state index is -0.919. The molecular weight excluding hydrogens is 587 g/mol. The smallest absolute Gasteiger partial charge is 0.318 e. The lowest BCUT2D eigenvalue weighted by molar-refractivity contribution is -0.151. The second kappa shape index (κ2) is 16.4. The van der Waals surface area contributed by atoms with E-state index in [-0.39, 0.29) is 19.0 Å². The SMILES string of the molecule is CCC(C)(C)C.CCOC(=O)C(CC)C(=O)Nc1ccc(NC(=O)c2cc3cc(NC=O)ccc3n2Cc2ccccc2F)cc1. The molecule has 3 N–H and O–H groups in total. The van der Waals surface area contributed by atoms with E-state index < -0.39 is 23.7 Å². The van der Waals surface area contributed by atoms with Crippen LogP contribution < -0.4 is 16.0 Å². The summed E-state index contributed by atoms with van der Waals surface area (Å²) in [4.78, 5) is 48.8. The van der Waals surface area contributed by atoms with Crippen molar-refractivity contribution in [2.45, 2.75) is 60.9 Å². The molecule has 0 aliphatic carbocycles. The first kappa shape index (κ1) is 35.5. The van der Waals surface area contributed by atoms with Crippen LogP contribution in [0, 0.1) is 17.2 Å². The fraction of sp³-hybridized carbons (Fsp3) is 0.333. The van der Waals surface area contributed by atoms with Gasteiger partial charge in [-0.1, -0.05) is 59.2 Å². The zero-order chi connectivity index (χ0) is 33.9. The van der Waals surface area contributed by atoms with Gasteiger partial charge in [0.05, 0.1) is 13.2 Å². The molecule has 1 atom stereocenters. The van der Waals surface area contributed by atoms with Crippen molar-refractivity contribution in [1.29, 1.82) is 0 Å². The van der Waals surface area contributed by atoms with Crippen molar-refractivity contribution in [2.75, 3.05) is 22.6 Å². The van der Waals surface area contributed by atoms with Crippen LogP contribution in [0.5, 0.6) is 0 Å². The van der Waals surface area contributed by atoms with Gasteiger partial charge in [0.2, 0.25) is 12.3 Å². The van der Waals surface area contributed by atoms with E-state index in [2.05, 4.69) is 43.6 Å². The third kappa shape index (κ3) is 9.76. The summed E-state index contributed by atoms with van der Waals surface area (Å²) >= 11 is 0. The maximum absolute atomic E-state index is 14.5. The van der Waals surface area contributed by atoms with Gasteiger partial charge in [-0.2, -0.15) is 0 Å². The largest absolute Gasteiger partial charge is 0.465 e. The minimum absolute atomic E-state index is 0.114. The zero-order valence-corrected chi connectivity index (χ0v) is 27.3. The Kier molecular flexibility index (Phi) is 12.6. The average Bonchev–Trinajstić information content (AvgIpc) is 3.37. The average molecular weight is 631 g/mol. The van der Waals surface area contributed by atoms with Crippen LogP contribution in [0.4, 0.5) is 21.5 Å². The number of nitrogens with one attached hydrogen (secondary N) is 3. The van der Waals surface area contributed by atoms with Gasteiger partial charge in [-0.25, -0.2) is 4.39 Å². The Labute approximate surface area is 269 Å². The van der Waals surface area contributed by atoms with Gasteiger partial charge in [-0.3, -0.25) is 19.2 Å². The first-order valence-corrected chi connectivity index (χ1v) is 15.4. The maximum Gasteiger partial charge on any atom is 0.318 e. The van der Waals surface area contributed by atoms with Crippen LogP contribution in [0.2, 0.25) is 0 Å². The minimum Gasteiger partial charge on any atom is -0.465 e. The lowest BCUT2D eigenvalue weighted by Crippen LogP contribution is -2.30. The Bertz CT molecular complexity index is 1660. The van der Waals surface area contributed by atoms with E-state index >= 15 is 0 Å². The third-order valence-electron chi connectivity index (χ3n) is 7.41. The fourth-order valence-corrected chi connectivity index (χ4v) is 4.35.